The molecular weight excluding hydrogens is 426 g/mol. The van der Waals surface area contributed by atoms with Crippen LogP contribution in [0.3, 0.4) is 0 Å². The summed E-state index contributed by atoms with van der Waals surface area (Å²) in [6.45, 7) is 9.03. The van der Waals surface area contributed by atoms with Crippen LogP contribution in [0, 0.1) is 27.7 Å². The van der Waals surface area contributed by atoms with Gasteiger partial charge in [-0.15, -0.1) is 21.5 Å². The van der Waals surface area contributed by atoms with Crippen molar-refractivity contribution in [3.8, 4) is 5.00 Å². The first kappa shape index (κ1) is 20.0. The summed E-state index contributed by atoms with van der Waals surface area (Å²) < 4.78 is 2.13. The Labute approximate surface area is 190 Å². The molecule has 0 radical (unpaired) electrons. The number of benzene rings is 2. The van der Waals surface area contributed by atoms with E-state index in [2.05, 4.69) is 59.8 Å². The van der Waals surface area contributed by atoms with Crippen LogP contribution in [0.5, 0.6) is 0 Å². The summed E-state index contributed by atoms with van der Waals surface area (Å²) >= 11 is 7.93. The van der Waals surface area contributed by atoms with Gasteiger partial charge in [0.1, 0.15) is 16.5 Å². The van der Waals surface area contributed by atoms with Crippen molar-refractivity contribution in [3.63, 3.8) is 0 Å². The first-order valence-corrected chi connectivity index (χ1v) is 11.3. The van der Waals surface area contributed by atoms with Gasteiger partial charge in [-0.3, -0.25) is 4.57 Å². The lowest BCUT2D eigenvalue weighted by Gasteiger charge is -2.19. The minimum atomic E-state index is 0.606. The third-order valence-corrected chi connectivity index (χ3v) is 7.21. The van der Waals surface area contributed by atoms with Gasteiger partial charge >= 0.3 is 0 Å². The monoisotopic (exact) mass is 447 g/mol. The second kappa shape index (κ2) is 7.62. The topological polar surface area (TPSA) is 46.3 Å². The highest BCUT2D eigenvalue weighted by Crippen LogP contribution is 2.38. The Balaban J connectivity index is 1.77. The lowest BCUT2D eigenvalue weighted by Crippen LogP contribution is -2.21. The number of halogens is 1. The number of fused-ring (bicyclic) bond motifs is 3. The molecule has 1 aliphatic rings. The van der Waals surface area contributed by atoms with E-state index in [0.29, 0.717) is 11.6 Å². The van der Waals surface area contributed by atoms with Crippen molar-refractivity contribution in [2.24, 2.45) is 5.10 Å². The van der Waals surface area contributed by atoms with Gasteiger partial charge in [0.2, 0.25) is 0 Å². The summed E-state index contributed by atoms with van der Waals surface area (Å²) in [6, 6.07) is 16.3. The predicted molar refractivity (Wildman–Crippen MR) is 128 cm³/mol. The molecular formula is C24H22ClN5S. The summed E-state index contributed by atoms with van der Waals surface area (Å²) in [5, 5.41) is 17.9. The number of anilines is 1. The van der Waals surface area contributed by atoms with Crippen LogP contribution >= 0.6 is 22.9 Å². The molecule has 2 aromatic carbocycles. The van der Waals surface area contributed by atoms with Crippen molar-refractivity contribution >= 4 is 34.6 Å². The lowest BCUT2D eigenvalue weighted by atomic mass is 10.00. The zero-order valence-corrected chi connectivity index (χ0v) is 19.4. The third-order valence-electron chi connectivity index (χ3n) is 5.76. The van der Waals surface area contributed by atoms with Gasteiger partial charge in [-0.05, 0) is 56.5 Å². The van der Waals surface area contributed by atoms with E-state index in [-0.39, 0.29) is 0 Å². The molecule has 5 rings (SSSR count). The first-order chi connectivity index (χ1) is 14.9. The number of aryl methyl sites for hydroxylation is 3. The molecule has 0 atom stereocenters. The number of nitrogens with zero attached hydrogens (tertiary/aromatic N) is 5. The zero-order valence-electron chi connectivity index (χ0n) is 17.8. The highest BCUT2D eigenvalue weighted by atomic mass is 35.5. The molecule has 0 fully saturated rings. The Morgan fingerprint density at radius 2 is 1.68 bits per heavy atom. The minimum absolute atomic E-state index is 0.606. The van der Waals surface area contributed by atoms with Gasteiger partial charge in [0, 0.05) is 21.0 Å². The molecule has 0 aliphatic carbocycles. The fourth-order valence-electron chi connectivity index (χ4n) is 3.88. The number of hydrazone groups is 1. The molecule has 1 aliphatic heterocycles. The van der Waals surface area contributed by atoms with E-state index in [9.17, 15) is 0 Å². The summed E-state index contributed by atoms with van der Waals surface area (Å²) in [6.07, 6.45) is 0. The van der Waals surface area contributed by atoms with Crippen molar-refractivity contribution in [3.05, 3.63) is 92.1 Å². The molecule has 0 unspecified atom stereocenters. The largest absolute Gasteiger partial charge is 0.254 e. The number of thiophene rings is 1. The summed E-state index contributed by atoms with van der Waals surface area (Å²) in [5.41, 5.74) is 6.73. The van der Waals surface area contributed by atoms with Crippen LogP contribution < -0.4 is 5.01 Å². The van der Waals surface area contributed by atoms with Crippen LogP contribution in [0.15, 0.2) is 53.6 Å². The smallest absolute Gasteiger partial charge is 0.253 e. The van der Waals surface area contributed by atoms with Crippen LogP contribution in [0.2, 0.25) is 5.02 Å². The van der Waals surface area contributed by atoms with E-state index >= 15 is 0 Å². The lowest BCUT2D eigenvalue weighted by molar-refractivity contribution is 0.794. The first-order valence-electron chi connectivity index (χ1n) is 10.1. The third kappa shape index (κ3) is 3.36. The molecule has 0 bridgehead atoms. The fourth-order valence-corrected chi connectivity index (χ4v) is 5.21. The van der Waals surface area contributed by atoms with E-state index in [0.717, 1.165) is 33.6 Å². The van der Waals surface area contributed by atoms with Gasteiger partial charge in [-0.25, -0.2) is 5.01 Å². The number of hydrogen-bond donors (Lipinski definition) is 0. The van der Waals surface area contributed by atoms with Gasteiger partial charge in [0.25, 0.3) is 5.95 Å². The molecule has 0 spiro atoms. The van der Waals surface area contributed by atoms with E-state index in [1.807, 2.05) is 36.2 Å². The predicted octanol–water partition coefficient (Wildman–Crippen LogP) is 5.99. The quantitative estimate of drug-likeness (QED) is 0.387. The highest BCUT2D eigenvalue weighted by molar-refractivity contribution is 7.15. The minimum Gasteiger partial charge on any atom is -0.254 e. The van der Waals surface area contributed by atoms with Gasteiger partial charge in [0.05, 0.1) is 6.54 Å². The van der Waals surface area contributed by atoms with Gasteiger partial charge in [-0.1, -0.05) is 48.0 Å². The normalized spacial score (nSPS) is 12.9. The second-order valence-electron chi connectivity index (χ2n) is 7.79. The summed E-state index contributed by atoms with van der Waals surface area (Å²) in [5.74, 6) is 1.58. The number of hydrogen-bond acceptors (Lipinski definition) is 5. The Kier molecular flexibility index (Phi) is 4.91. The Bertz CT molecular complexity index is 1320. The van der Waals surface area contributed by atoms with Crippen LogP contribution in [-0.4, -0.2) is 20.5 Å². The molecule has 0 amide bonds. The molecule has 0 N–H and O–H groups in total. The Morgan fingerprint density at radius 3 is 2.42 bits per heavy atom. The van der Waals surface area contributed by atoms with Crippen LogP contribution in [0.4, 0.5) is 5.95 Å². The zero-order chi connectivity index (χ0) is 21.7. The molecule has 2 aromatic heterocycles. The van der Waals surface area contributed by atoms with E-state index in [1.165, 1.54) is 21.6 Å². The molecule has 7 heteroatoms. The Morgan fingerprint density at radius 1 is 0.935 bits per heavy atom. The molecule has 3 heterocycles. The van der Waals surface area contributed by atoms with Crippen molar-refractivity contribution in [1.82, 2.24) is 14.8 Å². The van der Waals surface area contributed by atoms with Crippen molar-refractivity contribution in [2.45, 2.75) is 34.2 Å². The van der Waals surface area contributed by atoms with Crippen LogP contribution in [0.25, 0.3) is 5.00 Å². The van der Waals surface area contributed by atoms with Gasteiger partial charge < -0.3 is 0 Å². The van der Waals surface area contributed by atoms with Crippen molar-refractivity contribution in [1.29, 1.82) is 0 Å². The standard InChI is InChI=1S/C24H22ClN5S/c1-14-7-5-6-8-19(14)13-29-24-27-26-17(4)30(24)23-21(15(2)16(3)31-23)22(28-29)18-9-11-20(25)12-10-18/h5-12H,13H2,1-4H3. The number of aromatic nitrogens is 3. The van der Waals surface area contributed by atoms with Crippen molar-refractivity contribution in [2.75, 3.05) is 5.01 Å². The highest BCUT2D eigenvalue weighted by Gasteiger charge is 2.30. The van der Waals surface area contributed by atoms with Crippen LogP contribution in [0.1, 0.15) is 38.5 Å². The summed E-state index contributed by atoms with van der Waals surface area (Å²) in [4.78, 5) is 1.26. The molecule has 31 heavy (non-hydrogen) atoms. The van der Waals surface area contributed by atoms with E-state index in [1.54, 1.807) is 11.3 Å². The average molecular weight is 448 g/mol. The SMILES string of the molecule is Cc1ccccc1CN1N=C(c2ccc(Cl)cc2)c2c(sc(C)c2C)-n2c(C)nnc21. The number of rotatable bonds is 3. The fraction of sp³-hybridized carbons (Fsp3) is 0.208. The van der Waals surface area contributed by atoms with E-state index in [4.69, 9.17) is 16.7 Å². The summed E-state index contributed by atoms with van der Waals surface area (Å²) in [7, 11) is 0. The molecule has 0 saturated carbocycles. The van der Waals surface area contributed by atoms with Gasteiger partial charge in [-0.2, -0.15) is 5.10 Å². The van der Waals surface area contributed by atoms with E-state index < -0.39 is 0 Å². The van der Waals surface area contributed by atoms with Gasteiger partial charge in [0.15, 0.2) is 0 Å². The molecule has 0 saturated heterocycles. The Hall–Kier alpha value is -2.96. The average Bonchev–Trinajstić information content (AvgIpc) is 3.22. The maximum atomic E-state index is 6.18. The maximum Gasteiger partial charge on any atom is 0.253 e. The molecule has 4 aromatic rings. The molecule has 156 valence electrons. The molecule has 5 nitrogen and oxygen atoms in total. The van der Waals surface area contributed by atoms with Crippen molar-refractivity contribution < 1.29 is 0 Å². The van der Waals surface area contributed by atoms with Crippen LogP contribution in [-0.2, 0) is 6.54 Å². The maximum absolute atomic E-state index is 6.18. The second-order valence-corrected chi connectivity index (χ2v) is 9.43.